The van der Waals surface area contributed by atoms with Gasteiger partial charge in [-0.15, -0.1) is 0 Å². The van der Waals surface area contributed by atoms with Gasteiger partial charge in [-0.1, -0.05) is 71.8 Å². The molecule has 1 aliphatic heterocycles. The van der Waals surface area contributed by atoms with Crippen LogP contribution in [-0.4, -0.2) is 5.71 Å². The van der Waals surface area contributed by atoms with Crippen LogP contribution in [0.2, 0.25) is 0 Å². The van der Waals surface area contributed by atoms with Gasteiger partial charge in [-0.3, -0.25) is 4.99 Å². The lowest BCUT2D eigenvalue weighted by Gasteiger charge is -2.07. The Morgan fingerprint density at radius 1 is 0.762 bits per heavy atom. The van der Waals surface area contributed by atoms with Crippen LogP contribution in [0, 0.1) is 13.8 Å². The predicted molar refractivity (Wildman–Crippen MR) is 90.6 cm³/mol. The number of rotatable bonds is 2. The minimum Gasteiger partial charge on any atom is -0.252 e. The Hall–Kier alpha value is -2.41. The van der Waals surface area contributed by atoms with Crippen LogP contribution >= 0.6 is 0 Å². The van der Waals surface area contributed by atoms with Crippen molar-refractivity contribution in [3.05, 3.63) is 89.0 Å². The predicted octanol–water partition coefficient (Wildman–Crippen LogP) is 5.09. The summed E-state index contributed by atoms with van der Waals surface area (Å²) < 4.78 is 0. The number of allylic oxidation sites excluding steroid dienone is 3. The molecule has 0 aromatic heterocycles. The van der Waals surface area contributed by atoms with Crippen molar-refractivity contribution in [2.75, 3.05) is 0 Å². The molecule has 0 amide bonds. The smallest absolute Gasteiger partial charge is 0.0705 e. The molecular weight excluding hydrogens is 254 g/mol. The molecule has 1 heteroatoms. The van der Waals surface area contributed by atoms with Crippen molar-refractivity contribution in [3.63, 3.8) is 0 Å². The molecule has 0 atom stereocenters. The Balaban J connectivity index is 1.99. The third-order valence-electron chi connectivity index (χ3n) is 3.69. The number of hydrogen-bond acceptors (Lipinski definition) is 1. The van der Waals surface area contributed by atoms with Gasteiger partial charge in [-0.25, -0.2) is 0 Å². The summed E-state index contributed by atoms with van der Waals surface area (Å²) in [6, 6.07) is 17.1. The Morgan fingerprint density at radius 2 is 1.33 bits per heavy atom. The van der Waals surface area contributed by atoms with Gasteiger partial charge in [0.2, 0.25) is 0 Å². The molecule has 0 spiro atoms. The number of hydrogen-bond donors (Lipinski definition) is 0. The number of aryl methyl sites for hydroxylation is 2. The molecule has 21 heavy (non-hydrogen) atoms. The molecule has 0 saturated heterocycles. The number of nitrogens with zero attached hydrogens (tertiary/aromatic N) is 1. The maximum absolute atomic E-state index is 4.89. The lowest BCUT2D eigenvalue weighted by molar-refractivity contribution is 1.38. The summed E-state index contributed by atoms with van der Waals surface area (Å²) >= 11 is 0. The minimum atomic E-state index is 0.870. The van der Waals surface area contributed by atoms with E-state index in [0.717, 1.165) is 23.4 Å². The van der Waals surface area contributed by atoms with E-state index in [9.17, 15) is 0 Å². The van der Waals surface area contributed by atoms with Crippen LogP contribution in [-0.2, 0) is 0 Å². The first kappa shape index (κ1) is 13.6. The van der Waals surface area contributed by atoms with Gasteiger partial charge < -0.3 is 0 Å². The second-order valence-electron chi connectivity index (χ2n) is 5.47. The summed E-state index contributed by atoms with van der Waals surface area (Å²) in [7, 11) is 0. The van der Waals surface area contributed by atoms with Crippen LogP contribution in [0.4, 0.5) is 0 Å². The van der Waals surface area contributed by atoms with E-state index in [1.54, 1.807) is 0 Å². The number of aliphatic imine (C=N–C) groups is 1. The van der Waals surface area contributed by atoms with E-state index >= 15 is 0 Å². The van der Waals surface area contributed by atoms with E-state index in [-0.39, 0.29) is 0 Å². The van der Waals surface area contributed by atoms with Gasteiger partial charge >= 0.3 is 0 Å². The average molecular weight is 273 g/mol. The summed E-state index contributed by atoms with van der Waals surface area (Å²) in [6.45, 7) is 4.21. The van der Waals surface area contributed by atoms with Gasteiger partial charge in [0.1, 0.15) is 0 Å². The fourth-order valence-corrected chi connectivity index (χ4v) is 2.38. The third-order valence-corrected chi connectivity index (χ3v) is 3.69. The van der Waals surface area contributed by atoms with Crippen molar-refractivity contribution < 1.29 is 0 Å². The van der Waals surface area contributed by atoms with E-state index in [1.807, 2.05) is 0 Å². The van der Waals surface area contributed by atoms with Crippen LogP contribution in [0.5, 0.6) is 0 Å². The fraction of sp³-hybridized carbons (Fsp3) is 0.150. The standard InChI is InChI=1S/C20H19N/c1-15-7-11-17(12-8-15)19-5-3-4-6-20(21-19)18-13-9-16(2)10-14-18/h3-5,7-14H,6H2,1-2H3. The maximum atomic E-state index is 4.89. The molecule has 0 radical (unpaired) electrons. The first-order chi connectivity index (χ1) is 10.2. The van der Waals surface area contributed by atoms with E-state index in [1.165, 1.54) is 16.7 Å². The summed E-state index contributed by atoms with van der Waals surface area (Å²) in [5.74, 6) is 0. The Bertz CT molecular complexity index is 713. The second-order valence-corrected chi connectivity index (χ2v) is 5.47. The molecule has 104 valence electrons. The normalized spacial score (nSPS) is 14.4. The molecule has 0 aliphatic carbocycles. The first-order valence-electron chi connectivity index (χ1n) is 7.31. The van der Waals surface area contributed by atoms with Crippen molar-refractivity contribution in [1.29, 1.82) is 0 Å². The quantitative estimate of drug-likeness (QED) is 0.722. The van der Waals surface area contributed by atoms with Gasteiger partial charge in [0, 0.05) is 12.0 Å². The van der Waals surface area contributed by atoms with Crippen molar-refractivity contribution in [3.8, 4) is 0 Å². The highest BCUT2D eigenvalue weighted by atomic mass is 14.8. The molecule has 1 heterocycles. The van der Waals surface area contributed by atoms with Crippen LogP contribution in [0.25, 0.3) is 5.70 Å². The van der Waals surface area contributed by atoms with Crippen LogP contribution in [0.15, 0.2) is 71.8 Å². The SMILES string of the molecule is Cc1ccc(C2=CC=CCC(c3ccc(C)cc3)=N2)cc1. The molecule has 1 aliphatic rings. The molecular formula is C20H19N. The molecule has 0 N–H and O–H groups in total. The molecule has 3 rings (SSSR count). The highest BCUT2D eigenvalue weighted by Crippen LogP contribution is 2.21. The third kappa shape index (κ3) is 3.19. The summed E-state index contributed by atoms with van der Waals surface area (Å²) in [6.07, 6.45) is 7.22. The zero-order chi connectivity index (χ0) is 14.7. The topological polar surface area (TPSA) is 12.4 Å². The Morgan fingerprint density at radius 3 is 1.95 bits per heavy atom. The average Bonchev–Trinajstić information content (AvgIpc) is 2.75. The molecule has 2 aromatic rings. The molecule has 0 fully saturated rings. The monoisotopic (exact) mass is 273 g/mol. The van der Waals surface area contributed by atoms with Gasteiger partial charge in [0.05, 0.1) is 11.4 Å². The van der Waals surface area contributed by atoms with Crippen LogP contribution < -0.4 is 0 Å². The molecule has 0 bridgehead atoms. The van der Waals surface area contributed by atoms with Crippen molar-refractivity contribution >= 4 is 11.4 Å². The van der Waals surface area contributed by atoms with Gasteiger partial charge in [-0.2, -0.15) is 0 Å². The van der Waals surface area contributed by atoms with E-state index in [0.29, 0.717) is 0 Å². The number of benzene rings is 2. The highest BCUT2D eigenvalue weighted by Gasteiger charge is 2.07. The summed E-state index contributed by atoms with van der Waals surface area (Å²) in [5, 5.41) is 0. The highest BCUT2D eigenvalue weighted by molar-refractivity contribution is 6.04. The van der Waals surface area contributed by atoms with Crippen molar-refractivity contribution in [2.45, 2.75) is 20.3 Å². The van der Waals surface area contributed by atoms with Gasteiger partial charge in [0.25, 0.3) is 0 Å². The molecule has 2 aromatic carbocycles. The molecule has 0 saturated carbocycles. The van der Waals surface area contributed by atoms with Crippen LogP contribution in [0.1, 0.15) is 28.7 Å². The second kappa shape index (κ2) is 5.92. The van der Waals surface area contributed by atoms with E-state index < -0.39 is 0 Å². The summed E-state index contributed by atoms with van der Waals surface area (Å²) in [4.78, 5) is 4.89. The maximum Gasteiger partial charge on any atom is 0.0705 e. The molecule has 1 nitrogen and oxygen atoms in total. The lowest BCUT2D eigenvalue weighted by atomic mass is 10.1. The van der Waals surface area contributed by atoms with Gasteiger partial charge in [-0.05, 0) is 25.5 Å². The zero-order valence-electron chi connectivity index (χ0n) is 12.5. The van der Waals surface area contributed by atoms with E-state index in [4.69, 9.17) is 4.99 Å². The fourth-order valence-electron chi connectivity index (χ4n) is 2.38. The molecule has 0 unspecified atom stereocenters. The van der Waals surface area contributed by atoms with Crippen LogP contribution in [0.3, 0.4) is 0 Å². The Kier molecular flexibility index (Phi) is 3.83. The van der Waals surface area contributed by atoms with Crippen molar-refractivity contribution in [2.24, 2.45) is 4.99 Å². The largest absolute Gasteiger partial charge is 0.252 e. The first-order valence-corrected chi connectivity index (χ1v) is 7.31. The van der Waals surface area contributed by atoms with Crippen molar-refractivity contribution in [1.82, 2.24) is 0 Å². The Labute approximate surface area is 126 Å². The van der Waals surface area contributed by atoms with Gasteiger partial charge in [0.15, 0.2) is 0 Å². The zero-order valence-corrected chi connectivity index (χ0v) is 12.5. The summed E-state index contributed by atoms with van der Waals surface area (Å²) in [5.41, 5.74) is 7.06. The lowest BCUT2D eigenvalue weighted by Crippen LogP contribution is -1.99. The minimum absolute atomic E-state index is 0.870. The van der Waals surface area contributed by atoms with E-state index in [2.05, 4.69) is 80.6 Å².